The minimum atomic E-state index is 0.217. The maximum absolute atomic E-state index is 9.55. The van der Waals surface area contributed by atoms with Crippen LogP contribution >= 0.6 is 0 Å². The second-order valence-corrected chi connectivity index (χ2v) is 7.49. The summed E-state index contributed by atoms with van der Waals surface area (Å²) in [6, 6.07) is 5.80. The Morgan fingerprint density at radius 1 is 1.05 bits per heavy atom. The summed E-state index contributed by atoms with van der Waals surface area (Å²) in [6.07, 6.45) is 9.95. The summed E-state index contributed by atoms with van der Waals surface area (Å²) < 4.78 is 0. The lowest BCUT2D eigenvalue weighted by Gasteiger charge is -2.57. The highest BCUT2D eigenvalue weighted by atomic mass is 16.3. The topological polar surface area (TPSA) is 46.2 Å². The number of aromatic hydroxyl groups is 1. The number of hydrogen-bond acceptors (Lipinski definition) is 2. The van der Waals surface area contributed by atoms with Crippen LogP contribution in [0.3, 0.4) is 0 Å². The number of nitrogens with two attached hydrogens (primary N) is 1. The molecule has 4 bridgehead atoms. The predicted octanol–water partition coefficient (Wildman–Crippen LogP) is 3.73. The standard InChI is InChI=1S/C17H23NO/c18-15-6-11(1-2-16(15)19)7-17-8-12-3-13(9-17)5-14(4-12)10-17/h1-2,6,12-14,19H,3-5,7-10,18H2. The van der Waals surface area contributed by atoms with Crippen molar-refractivity contribution in [2.45, 2.75) is 44.9 Å². The van der Waals surface area contributed by atoms with Crippen LogP contribution in [0.1, 0.15) is 44.1 Å². The molecule has 4 aliphatic carbocycles. The lowest BCUT2D eigenvalue weighted by Crippen LogP contribution is -2.47. The third-order valence-corrected chi connectivity index (χ3v) is 5.84. The molecule has 4 aliphatic rings. The molecule has 1 aromatic rings. The van der Waals surface area contributed by atoms with E-state index in [0.29, 0.717) is 11.1 Å². The van der Waals surface area contributed by atoms with Gasteiger partial charge in [-0.25, -0.2) is 0 Å². The van der Waals surface area contributed by atoms with Gasteiger partial charge in [-0.15, -0.1) is 0 Å². The highest BCUT2D eigenvalue weighted by Crippen LogP contribution is 2.61. The van der Waals surface area contributed by atoms with Crippen LogP contribution in [0.15, 0.2) is 18.2 Å². The fourth-order valence-corrected chi connectivity index (χ4v) is 5.65. The first-order chi connectivity index (χ1) is 9.12. The number of nitrogen functional groups attached to an aromatic ring is 1. The summed E-state index contributed by atoms with van der Waals surface area (Å²) in [5.41, 5.74) is 8.24. The van der Waals surface area contributed by atoms with Gasteiger partial charge in [0, 0.05) is 0 Å². The molecule has 0 saturated heterocycles. The molecule has 19 heavy (non-hydrogen) atoms. The van der Waals surface area contributed by atoms with E-state index in [1.165, 1.54) is 50.5 Å². The SMILES string of the molecule is Nc1cc(CC23CC4CC(CC(C4)C2)C3)ccc1O. The van der Waals surface area contributed by atoms with E-state index >= 15 is 0 Å². The lowest BCUT2D eigenvalue weighted by atomic mass is 9.48. The van der Waals surface area contributed by atoms with Crippen LogP contribution in [0.5, 0.6) is 5.75 Å². The number of hydrogen-bond donors (Lipinski definition) is 2. The van der Waals surface area contributed by atoms with Gasteiger partial charge in [0.25, 0.3) is 0 Å². The van der Waals surface area contributed by atoms with Gasteiger partial charge < -0.3 is 10.8 Å². The van der Waals surface area contributed by atoms with Gasteiger partial charge >= 0.3 is 0 Å². The third kappa shape index (κ3) is 1.92. The van der Waals surface area contributed by atoms with Gasteiger partial charge in [0.15, 0.2) is 0 Å². The fourth-order valence-electron chi connectivity index (χ4n) is 5.65. The molecule has 102 valence electrons. The fraction of sp³-hybridized carbons (Fsp3) is 0.647. The van der Waals surface area contributed by atoms with E-state index in [1.807, 2.05) is 6.07 Å². The van der Waals surface area contributed by atoms with Crippen molar-refractivity contribution in [1.29, 1.82) is 0 Å². The molecular formula is C17H23NO. The summed E-state index contributed by atoms with van der Waals surface area (Å²) >= 11 is 0. The van der Waals surface area contributed by atoms with Crippen LogP contribution in [0.25, 0.3) is 0 Å². The number of rotatable bonds is 2. The van der Waals surface area contributed by atoms with Gasteiger partial charge in [0.2, 0.25) is 0 Å². The predicted molar refractivity (Wildman–Crippen MR) is 76.8 cm³/mol. The second kappa shape index (κ2) is 3.91. The van der Waals surface area contributed by atoms with Crippen molar-refractivity contribution in [2.24, 2.45) is 23.2 Å². The van der Waals surface area contributed by atoms with E-state index in [1.54, 1.807) is 6.07 Å². The number of phenols is 1. The van der Waals surface area contributed by atoms with Crippen molar-refractivity contribution in [3.8, 4) is 5.75 Å². The molecule has 2 nitrogen and oxygen atoms in total. The zero-order chi connectivity index (χ0) is 13.0. The van der Waals surface area contributed by atoms with Gasteiger partial charge in [-0.1, -0.05) is 6.07 Å². The first kappa shape index (κ1) is 11.6. The number of benzene rings is 1. The Hall–Kier alpha value is -1.18. The molecule has 0 amide bonds. The molecule has 0 radical (unpaired) electrons. The van der Waals surface area contributed by atoms with Crippen molar-refractivity contribution in [2.75, 3.05) is 5.73 Å². The minimum Gasteiger partial charge on any atom is -0.506 e. The first-order valence-electron chi connectivity index (χ1n) is 7.69. The van der Waals surface area contributed by atoms with Gasteiger partial charge in [0.05, 0.1) is 5.69 Å². The Labute approximate surface area is 115 Å². The average Bonchev–Trinajstić information content (AvgIpc) is 2.31. The van der Waals surface area contributed by atoms with E-state index < -0.39 is 0 Å². The van der Waals surface area contributed by atoms with E-state index in [9.17, 15) is 5.11 Å². The molecule has 0 aromatic heterocycles. The van der Waals surface area contributed by atoms with Gasteiger partial charge in [0.1, 0.15) is 5.75 Å². The Morgan fingerprint density at radius 3 is 2.16 bits per heavy atom. The second-order valence-electron chi connectivity index (χ2n) is 7.49. The molecule has 0 atom stereocenters. The van der Waals surface area contributed by atoms with Crippen LogP contribution in [0, 0.1) is 23.2 Å². The zero-order valence-electron chi connectivity index (χ0n) is 11.4. The van der Waals surface area contributed by atoms with E-state index in [4.69, 9.17) is 5.73 Å². The summed E-state index contributed by atoms with van der Waals surface area (Å²) in [5, 5.41) is 9.55. The van der Waals surface area contributed by atoms with E-state index in [0.717, 1.165) is 17.8 Å². The zero-order valence-corrected chi connectivity index (χ0v) is 11.4. The highest BCUT2D eigenvalue weighted by Gasteiger charge is 2.50. The quantitative estimate of drug-likeness (QED) is 0.626. The largest absolute Gasteiger partial charge is 0.506 e. The van der Waals surface area contributed by atoms with Gasteiger partial charge in [-0.2, -0.15) is 0 Å². The normalized spacial score (nSPS) is 39.7. The lowest BCUT2D eigenvalue weighted by molar-refractivity contribution is -0.0521. The summed E-state index contributed by atoms with van der Waals surface area (Å²) in [7, 11) is 0. The highest BCUT2D eigenvalue weighted by molar-refractivity contribution is 5.53. The minimum absolute atomic E-state index is 0.217. The van der Waals surface area contributed by atoms with Crippen molar-refractivity contribution in [1.82, 2.24) is 0 Å². The van der Waals surface area contributed by atoms with Crippen LogP contribution in [-0.2, 0) is 6.42 Å². The van der Waals surface area contributed by atoms with Crippen LogP contribution in [0.2, 0.25) is 0 Å². The third-order valence-electron chi connectivity index (χ3n) is 5.84. The van der Waals surface area contributed by atoms with Gasteiger partial charge in [-0.3, -0.25) is 0 Å². The molecule has 1 aromatic carbocycles. The summed E-state index contributed by atoms with van der Waals surface area (Å²) in [4.78, 5) is 0. The van der Waals surface area contributed by atoms with Crippen LogP contribution in [-0.4, -0.2) is 5.11 Å². The van der Waals surface area contributed by atoms with Gasteiger partial charge in [-0.05, 0) is 85.8 Å². The number of phenolic OH excluding ortho intramolecular Hbond substituents is 1. The van der Waals surface area contributed by atoms with Crippen molar-refractivity contribution in [3.05, 3.63) is 23.8 Å². The molecule has 4 fully saturated rings. The average molecular weight is 257 g/mol. The van der Waals surface area contributed by atoms with Crippen LogP contribution < -0.4 is 5.73 Å². The van der Waals surface area contributed by atoms with E-state index in [-0.39, 0.29) is 5.75 Å². The van der Waals surface area contributed by atoms with E-state index in [2.05, 4.69) is 6.07 Å². The van der Waals surface area contributed by atoms with Crippen molar-refractivity contribution >= 4 is 5.69 Å². The monoisotopic (exact) mass is 257 g/mol. The van der Waals surface area contributed by atoms with Crippen LogP contribution in [0.4, 0.5) is 5.69 Å². The Balaban J connectivity index is 1.60. The summed E-state index contributed by atoms with van der Waals surface area (Å²) in [5.74, 6) is 3.22. The molecule has 3 N–H and O–H groups in total. The maximum atomic E-state index is 9.55. The molecule has 0 heterocycles. The Kier molecular flexibility index (Phi) is 2.39. The Bertz CT molecular complexity index is 473. The summed E-state index contributed by atoms with van der Waals surface area (Å²) in [6.45, 7) is 0. The Morgan fingerprint density at radius 2 is 1.63 bits per heavy atom. The molecule has 2 heteroatoms. The molecule has 5 rings (SSSR count). The smallest absolute Gasteiger partial charge is 0.138 e. The molecule has 0 unspecified atom stereocenters. The molecule has 0 aliphatic heterocycles. The maximum Gasteiger partial charge on any atom is 0.138 e. The molecule has 4 saturated carbocycles. The van der Waals surface area contributed by atoms with Crippen molar-refractivity contribution < 1.29 is 5.11 Å². The van der Waals surface area contributed by atoms with Crippen molar-refractivity contribution in [3.63, 3.8) is 0 Å². The molecular weight excluding hydrogens is 234 g/mol. The number of anilines is 1. The molecule has 0 spiro atoms. The first-order valence-corrected chi connectivity index (χ1v) is 7.69.